The highest BCUT2D eigenvalue weighted by Gasteiger charge is 2.35. The number of nitrogens with one attached hydrogen (secondary N) is 2. The molecule has 3 rings (SSSR count). The lowest BCUT2D eigenvalue weighted by Gasteiger charge is -2.30. The SMILES string of the molecule is CCOc1c(Cl)cc(C2NC(=O)NC(c3ccccc3)=C2C(=O)OC)cc1OC. The number of methoxy groups -OCH3 is 2. The van der Waals surface area contributed by atoms with Gasteiger partial charge in [0, 0.05) is 0 Å². The summed E-state index contributed by atoms with van der Waals surface area (Å²) in [5.74, 6) is 0.213. The van der Waals surface area contributed by atoms with Crippen molar-refractivity contribution in [3.8, 4) is 11.5 Å². The molecule has 29 heavy (non-hydrogen) atoms. The van der Waals surface area contributed by atoms with Gasteiger partial charge in [-0.05, 0) is 30.2 Å². The van der Waals surface area contributed by atoms with E-state index in [2.05, 4.69) is 10.6 Å². The number of carbonyl (C=O) groups is 2. The molecule has 0 fully saturated rings. The molecule has 0 spiro atoms. The highest BCUT2D eigenvalue weighted by molar-refractivity contribution is 6.32. The van der Waals surface area contributed by atoms with Gasteiger partial charge >= 0.3 is 12.0 Å². The molecule has 0 radical (unpaired) electrons. The van der Waals surface area contributed by atoms with Crippen LogP contribution in [-0.4, -0.2) is 32.8 Å². The third-order valence-corrected chi connectivity index (χ3v) is 4.69. The number of hydrogen-bond acceptors (Lipinski definition) is 5. The molecule has 0 bridgehead atoms. The Hall–Kier alpha value is -3.19. The minimum absolute atomic E-state index is 0.251. The Balaban J connectivity index is 2.20. The fraction of sp³-hybridized carbons (Fsp3) is 0.238. The zero-order valence-electron chi connectivity index (χ0n) is 16.2. The van der Waals surface area contributed by atoms with Crippen LogP contribution in [0.2, 0.25) is 5.02 Å². The first kappa shape index (κ1) is 20.5. The van der Waals surface area contributed by atoms with E-state index < -0.39 is 18.0 Å². The normalized spacial score (nSPS) is 16.0. The Morgan fingerprint density at radius 1 is 1.17 bits per heavy atom. The summed E-state index contributed by atoms with van der Waals surface area (Å²) in [6.45, 7) is 2.24. The number of halogens is 1. The van der Waals surface area contributed by atoms with Gasteiger partial charge in [0.15, 0.2) is 11.5 Å². The van der Waals surface area contributed by atoms with Crippen LogP contribution in [-0.2, 0) is 9.53 Å². The van der Waals surface area contributed by atoms with Gasteiger partial charge in [-0.2, -0.15) is 0 Å². The number of rotatable bonds is 6. The van der Waals surface area contributed by atoms with E-state index in [0.717, 1.165) is 0 Å². The van der Waals surface area contributed by atoms with Crippen LogP contribution < -0.4 is 20.1 Å². The van der Waals surface area contributed by atoms with E-state index in [1.165, 1.54) is 14.2 Å². The van der Waals surface area contributed by atoms with Crippen LogP contribution in [0.3, 0.4) is 0 Å². The standard InChI is InChI=1S/C21H21ClN2O5/c1-4-29-19-14(22)10-13(11-15(19)27-2)18-16(20(25)28-3)17(23-21(26)24-18)12-8-6-5-7-9-12/h5-11,18H,4H2,1-3H3,(H2,23,24,26). The number of esters is 1. The van der Waals surface area contributed by atoms with Crippen molar-refractivity contribution >= 4 is 29.3 Å². The number of benzene rings is 2. The molecule has 152 valence electrons. The molecule has 2 aromatic carbocycles. The molecule has 8 heteroatoms. The number of urea groups is 1. The van der Waals surface area contributed by atoms with Crippen LogP contribution in [0.1, 0.15) is 24.1 Å². The maximum absolute atomic E-state index is 12.7. The molecule has 2 aromatic rings. The lowest BCUT2D eigenvalue weighted by molar-refractivity contribution is -0.136. The first-order valence-corrected chi connectivity index (χ1v) is 9.33. The minimum Gasteiger partial charge on any atom is -0.493 e. The van der Waals surface area contributed by atoms with Crippen molar-refractivity contribution in [3.05, 3.63) is 64.2 Å². The van der Waals surface area contributed by atoms with Crippen LogP contribution in [0.25, 0.3) is 5.70 Å². The van der Waals surface area contributed by atoms with Gasteiger partial charge in [-0.15, -0.1) is 0 Å². The molecule has 0 aromatic heterocycles. The topological polar surface area (TPSA) is 85.9 Å². The molecule has 1 heterocycles. The van der Waals surface area contributed by atoms with Gasteiger partial charge in [0.25, 0.3) is 0 Å². The molecule has 0 saturated heterocycles. The second-order valence-corrected chi connectivity index (χ2v) is 6.55. The second kappa shape index (κ2) is 8.87. The second-order valence-electron chi connectivity index (χ2n) is 6.14. The van der Waals surface area contributed by atoms with Crippen LogP contribution >= 0.6 is 11.6 Å². The van der Waals surface area contributed by atoms with Gasteiger partial charge < -0.3 is 24.8 Å². The molecule has 1 unspecified atom stereocenters. The number of ether oxygens (including phenoxy) is 3. The van der Waals surface area contributed by atoms with E-state index in [1.807, 2.05) is 25.1 Å². The molecular weight excluding hydrogens is 396 g/mol. The summed E-state index contributed by atoms with van der Waals surface area (Å²) in [6.07, 6.45) is 0. The average molecular weight is 417 g/mol. The van der Waals surface area contributed by atoms with Gasteiger partial charge in [0.1, 0.15) is 0 Å². The molecule has 2 amide bonds. The Kier molecular flexibility index (Phi) is 6.29. The molecule has 7 nitrogen and oxygen atoms in total. The predicted molar refractivity (Wildman–Crippen MR) is 109 cm³/mol. The summed E-state index contributed by atoms with van der Waals surface area (Å²) < 4.78 is 15.9. The van der Waals surface area contributed by atoms with E-state index >= 15 is 0 Å². The summed E-state index contributed by atoms with van der Waals surface area (Å²) in [5.41, 5.74) is 1.85. The van der Waals surface area contributed by atoms with Crippen molar-refractivity contribution in [2.24, 2.45) is 0 Å². The Morgan fingerprint density at radius 3 is 2.52 bits per heavy atom. The van der Waals surface area contributed by atoms with E-state index in [9.17, 15) is 9.59 Å². The van der Waals surface area contributed by atoms with Crippen molar-refractivity contribution < 1.29 is 23.8 Å². The van der Waals surface area contributed by atoms with Crippen LogP contribution in [0, 0.1) is 0 Å². The number of hydrogen-bond donors (Lipinski definition) is 2. The molecule has 1 aliphatic rings. The van der Waals surface area contributed by atoms with Crippen molar-refractivity contribution in [3.63, 3.8) is 0 Å². The van der Waals surface area contributed by atoms with E-state index in [0.29, 0.717) is 40.0 Å². The van der Waals surface area contributed by atoms with Crippen molar-refractivity contribution in [1.29, 1.82) is 0 Å². The van der Waals surface area contributed by atoms with Gasteiger partial charge in [-0.3, -0.25) is 0 Å². The lowest BCUT2D eigenvalue weighted by atomic mass is 9.92. The average Bonchev–Trinajstić information content (AvgIpc) is 2.74. The van der Waals surface area contributed by atoms with Crippen LogP contribution in [0.15, 0.2) is 48.0 Å². The number of carbonyl (C=O) groups excluding carboxylic acids is 2. The Bertz CT molecular complexity index is 959. The zero-order chi connectivity index (χ0) is 21.0. The summed E-state index contributed by atoms with van der Waals surface area (Å²) in [6, 6.07) is 11.1. The summed E-state index contributed by atoms with van der Waals surface area (Å²) in [7, 11) is 2.78. The minimum atomic E-state index is -0.798. The van der Waals surface area contributed by atoms with Crippen LogP contribution in [0.5, 0.6) is 11.5 Å². The van der Waals surface area contributed by atoms with Crippen molar-refractivity contribution in [2.75, 3.05) is 20.8 Å². The first-order valence-electron chi connectivity index (χ1n) is 8.95. The predicted octanol–water partition coefficient (Wildman–Crippen LogP) is 3.69. The Labute approximate surface area is 173 Å². The quantitative estimate of drug-likeness (QED) is 0.701. The number of amides is 2. The zero-order valence-corrected chi connectivity index (χ0v) is 17.0. The largest absolute Gasteiger partial charge is 0.493 e. The van der Waals surface area contributed by atoms with Gasteiger partial charge in [-0.1, -0.05) is 41.9 Å². The molecule has 2 N–H and O–H groups in total. The highest BCUT2D eigenvalue weighted by Crippen LogP contribution is 2.41. The molecule has 1 aliphatic heterocycles. The van der Waals surface area contributed by atoms with E-state index in [4.69, 9.17) is 25.8 Å². The third kappa shape index (κ3) is 4.14. The smallest absolute Gasteiger partial charge is 0.338 e. The summed E-state index contributed by atoms with van der Waals surface area (Å²) in [5, 5.41) is 5.78. The van der Waals surface area contributed by atoms with E-state index in [1.54, 1.807) is 24.3 Å². The van der Waals surface area contributed by atoms with Crippen molar-refractivity contribution in [1.82, 2.24) is 10.6 Å². The van der Waals surface area contributed by atoms with Crippen LogP contribution in [0.4, 0.5) is 4.79 Å². The maximum Gasteiger partial charge on any atom is 0.338 e. The highest BCUT2D eigenvalue weighted by atomic mass is 35.5. The molecule has 0 aliphatic carbocycles. The van der Waals surface area contributed by atoms with E-state index in [-0.39, 0.29) is 5.57 Å². The van der Waals surface area contributed by atoms with Gasteiger partial charge in [-0.25, -0.2) is 9.59 Å². The third-order valence-electron chi connectivity index (χ3n) is 4.41. The fourth-order valence-corrected chi connectivity index (χ4v) is 3.44. The van der Waals surface area contributed by atoms with Gasteiger partial charge in [0.05, 0.1) is 43.2 Å². The monoisotopic (exact) mass is 416 g/mol. The van der Waals surface area contributed by atoms with Gasteiger partial charge in [0.2, 0.25) is 0 Å². The molecule has 0 saturated carbocycles. The maximum atomic E-state index is 12.7. The molecular formula is C21H21ClN2O5. The summed E-state index contributed by atoms with van der Waals surface area (Å²) >= 11 is 6.40. The molecule has 1 atom stereocenters. The van der Waals surface area contributed by atoms with Crippen molar-refractivity contribution in [2.45, 2.75) is 13.0 Å². The Morgan fingerprint density at radius 2 is 1.90 bits per heavy atom. The fourth-order valence-electron chi connectivity index (χ4n) is 3.17. The summed E-state index contributed by atoms with van der Waals surface area (Å²) in [4.78, 5) is 25.1. The first-order chi connectivity index (χ1) is 14.0. The lowest BCUT2D eigenvalue weighted by Crippen LogP contribution is -2.45.